The van der Waals surface area contributed by atoms with Crippen LogP contribution in [0.4, 0.5) is 0 Å². The molecule has 1 fully saturated rings. The molecule has 1 saturated heterocycles. The Hall–Kier alpha value is -1.92. The van der Waals surface area contributed by atoms with E-state index in [0.29, 0.717) is 0 Å². The van der Waals surface area contributed by atoms with Gasteiger partial charge in [-0.1, -0.05) is 13.8 Å². The molecule has 0 bridgehead atoms. The lowest BCUT2D eigenvalue weighted by atomic mass is 9.65. The summed E-state index contributed by atoms with van der Waals surface area (Å²) >= 11 is 0. The first kappa shape index (κ1) is 12.2. The molecule has 0 radical (unpaired) electrons. The van der Waals surface area contributed by atoms with Gasteiger partial charge in [-0.25, -0.2) is 0 Å². The van der Waals surface area contributed by atoms with Gasteiger partial charge in [0.25, 0.3) is 0 Å². The molecule has 1 aliphatic heterocycles. The zero-order valence-corrected chi connectivity index (χ0v) is 8.94. The molecule has 0 aromatic rings. The number of amides is 4. The van der Waals surface area contributed by atoms with E-state index in [1.165, 1.54) is 13.8 Å². The minimum atomic E-state index is -1.25. The van der Waals surface area contributed by atoms with Crippen LogP contribution in [0.25, 0.3) is 0 Å². The number of nitrogens with two attached hydrogens (primary N) is 2. The van der Waals surface area contributed by atoms with Gasteiger partial charge in [0.1, 0.15) is 11.8 Å². The molecule has 0 unspecified atom stereocenters. The van der Waals surface area contributed by atoms with Gasteiger partial charge in [0, 0.05) is 5.41 Å². The first-order valence-corrected chi connectivity index (χ1v) is 4.63. The second kappa shape index (κ2) is 3.58. The van der Waals surface area contributed by atoms with E-state index in [1.54, 1.807) is 0 Å². The monoisotopic (exact) mass is 227 g/mol. The molecule has 7 heteroatoms. The Morgan fingerprint density at radius 2 is 1.38 bits per heavy atom. The van der Waals surface area contributed by atoms with Crippen LogP contribution in [0.3, 0.4) is 0 Å². The van der Waals surface area contributed by atoms with Gasteiger partial charge in [-0.05, 0) is 0 Å². The van der Waals surface area contributed by atoms with E-state index in [9.17, 15) is 19.2 Å². The van der Waals surface area contributed by atoms with Crippen LogP contribution in [0.5, 0.6) is 0 Å². The summed E-state index contributed by atoms with van der Waals surface area (Å²) in [6.07, 6.45) is 0. The predicted molar refractivity (Wildman–Crippen MR) is 52.3 cm³/mol. The maximum Gasteiger partial charge on any atom is 0.239 e. The van der Waals surface area contributed by atoms with Crippen LogP contribution in [0.2, 0.25) is 0 Å². The lowest BCUT2D eigenvalue weighted by Crippen LogP contribution is -2.62. The molecule has 1 heterocycles. The van der Waals surface area contributed by atoms with Gasteiger partial charge in [0.2, 0.25) is 23.6 Å². The number of carbonyl (C=O) groups excluding carboxylic acids is 4. The van der Waals surface area contributed by atoms with Gasteiger partial charge in [-0.3, -0.25) is 24.5 Å². The maximum atomic E-state index is 11.4. The van der Waals surface area contributed by atoms with Crippen molar-refractivity contribution in [3.8, 4) is 0 Å². The summed E-state index contributed by atoms with van der Waals surface area (Å²) in [5, 5.41) is 1.92. The Morgan fingerprint density at radius 3 is 1.62 bits per heavy atom. The zero-order chi connectivity index (χ0) is 12.7. The van der Waals surface area contributed by atoms with E-state index < -0.39 is 40.9 Å². The van der Waals surface area contributed by atoms with Crippen LogP contribution < -0.4 is 16.8 Å². The highest BCUT2D eigenvalue weighted by Crippen LogP contribution is 2.38. The Balaban J connectivity index is 3.25. The molecule has 2 atom stereocenters. The Bertz CT molecular complexity index is 354. The van der Waals surface area contributed by atoms with Gasteiger partial charge in [0.05, 0.1) is 0 Å². The van der Waals surface area contributed by atoms with Gasteiger partial charge in [-0.2, -0.15) is 0 Å². The molecule has 5 N–H and O–H groups in total. The highest BCUT2D eigenvalue weighted by atomic mass is 16.2. The summed E-state index contributed by atoms with van der Waals surface area (Å²) < 4.78 is 0. The normalized spacial score (nSPS) is 28.4. The molecule has 16 heavy (non-hydrogen) atoms. The minimum absolute atomic E-state index is 0.792. The van der Waals surface area contributed by atoms with Crippen molar-refractivity contribution < 1.29 is 19.2 Å². The molecule has 0 aromatic carbocycles. The third-order valence-corrected chi connectivity index (χ3v) is 2.83. The molecule has 0 saturated carbocycles. The summed E-state index contributed by atoms with van der Waals surface area (Å²) in [6.45, 7) is 2.88. The summed E-state index contributed by atoms with van der Waals surface area (Å²) in [5.41, 5.74) is 8.94. The first-order chi connectivity index (χ1) is 7.19. The molecular formula is C9H13N3O4. The SMILES string of the molecule is CC1(C)[C@H](C(N)=O)C(=O)NC(=O)[C@@H]1C(N)=O. The van der Waals surface area contributed by atoms with Crippen LogP contribution in [0.1, 0.15) is 13.8 Å². The average molecular weight is 227 g/mol. The van der Waals surface area contributed by atoms with Crippen molar-refractivity contribution in [1.29, 1.82) is 0 Å². The largest absolute Gasteiger partial charge is 0.369 e. The second-order valence-electron chi connectivity index (χ2n) is 4.35. The van der Waals surface area contributed by atoms with Crippen molar-refractivity contribution in [3.63, 3.8) is 0 Å². The Kier molecular flexibility index (Phi) is 2.72. The number of nitrogens with one attached hydrogen (secondary N) is 1. The lowest BCUT2D eigenvalue weighted by molar-refractivity contribution is -0.155. The van der Waals surface area contributed by atoms with Crippen LogP contribution in [0.15, 0.2) is 0 Å². The second-order valence-corrected chi connectivity index (χ2v) is 4.35. The predicted octanol–water partition coefficient (Wildman–Crippen LogP) is -2.13. The number of hydrogen-bond donors (Lipinski definition) is 3. The van der Waals surface area contributed by atoms with E-state index >= 15 is 0 Å². The summed E-state index contributed by atoms with van der Waals surface area (Å²) in [5.74, 6) is -5.85. The van der Waals surface area contributed by atoms with Crippen molar-refractivity contribution in [1.82, 2.24) is 5.32 Å². The standard InChI is InChI=1S/C9H13N3O4/c1-9(2)3(5(10)13)7(15)12-8(16)4(9)6(11)14/h3-4H,1-2H3,(H2,10,13)(H2,11,14)(H,12,15,16)/t3-,4+. The van der Waals surface area contributed by atoms with E-state index in [0.717, 1.165) is 0 Å². The minimum Gasteiger partial charge on any atom is -0.369 e. The third kappa shape index (κ3) is 1.64. The molecule has 1 rings (SSSR count). The fourth-order valence-electron chi connectivity index (χ4n) is 2.10. The number of imide groups is 1. The number of carbonyl (C=O) groups is 4. The van der Waals surface area contributed by atoms with Crippen molar-refractivity contribution in [2.24, 2.45) is 28.7 Å². The van der Waals surface area contributed by atoms with Crippen LogP contribution in [-0.2, 0) is 19.2 Å². The Morgan fingerprint density at radius 1 is 1.06 bits per heavy atom. The summed E-state index contributed by atoms with van der Waals surface area (Å²) in [6, 6.07) is 0. The number of piperidine rings is 1. The highest BCUT2D eigenvalue weighted by molar-refractivity contribution is 6.15. The number of hydrogen-bond acceptors (Lipinski definition) is 4. The molecular weight excluding hydrogens is 214 g/mol. The van der Waals surface area contributed by atoms with Gasteiger partial charge in [0.15, 0.2) is 0 Å². The molecule has 1 aliphatic rings. The summed E-state index contributed by atoms with van der Waals surface area (Å²) in [7, 11) is 0. The Labute approximate surface area is 91.5 Å². The van der Waals surface area contributed by atoms with E-state index in [1.807, 2.05) is 5.32 Å². The number of rotatable bonds is 2. The van der Waals surface area contributed by atoms with E-state index in [-0.39, 0.29) is 0 Å². The molecule has 7 nitrogen and oxygen atoms in total. The topological polar surface area (TPSA) is 132 Å². The highest BCUT2D eigenvalue weighted by Gasteiger charge is 2.54. The average Bonchev–Trinajstić information content (AvgIpc) is 1.97. The van der Waals surface area contributed by atoms with Crippen LogP contribution in [0, 0.1) is 17.3 Å². The van der Waals surface area contributed by atoms with Crippen molar-refractivity contribution in [3.05, 3.63) is 0 Å². The first-order valence-electron chi connectivity index (χ1n) is 4.63. The number of primary amides is 2. The fourth-order valence-corrected chi connectivity index (χ4v) is 2.10. The molecule has 88 valence electrons. The van der Waals surface area contributed by atoms with Gasteiger partial charge in [-0.15, -0.1) is 0 Å². The zero-order valence-electron chi connectivity index (χ0n) is 8.94. The van der Waals surface area contributed by atoms with Gasteiger partial charge >= 0.3 is 0 Å². The maximum absolute atomic E-state index is 11.4. The van der Waals surface area contributed by atoms with E-state index in [4.69, 9.17) is 11.5 Å². The quantitative estimate of drug-likeness (QED) is 0.367. The fraction of sp³-hybridized carbons (Fsp3) is 0.556. The van der Waals surface area contributed by atoms with Crippen LogP contribution in [-0.4, -0.2) is 23.6 Å². The van der Waals surface area contributed by atoms with Crippen molar-refractivity contribution in [2.45, 2.75) is 13.8 Å². The smallest absolute Gasteiger partial charge is 0.239 e. The molecule has 0 aliphatic carbocycles. The molecule has 0 spiro atoms. The molecule has 0 aromatic heterocycles. The third-order valence-electron chi connectivity index (χ3n) is 2.83. The van der Waals surface area contributed by atoms with E-state index in [2.05, 4.69) is 0 Å². The van der Waals surface area contributed by atoms with Crippen molar-refractivity contribution >= 4 is 23.6 Å². The lowest BCUT2D eigenvalue weighted by Gasteiger charge is -2.39. The van der Waals surface area contributed by atoms with Crippen molar-refractivity contribution in [2.75, 3.05) is 0 Å². The molecule has 4 amide bonds. The van der Waals surface area contributed by atoms with Crippen LogP contribution >= 0.6 is 0 Å². The summed E-state index contributed by atoms with van der Waals surface area (Å²) in [4.78, 5) is 45.2. The van der Waals surface area contributed by atoms with Gasteiger partial charge < -0.3 is 11.5 Å².